The molecule has 0 radical (unpaired) electrons. The van der Waals surface area contributed by atoms with Crippen molar-refractivity contribution in [2.24, 2.45) is 5.92 Å². The second-order valence-corrected chi connectivity index (χ2v) is 5.62. The Morgan fingerprint density at radius 2 is 1.95 bits per heavy atom. The quantitative estimate of drug-likeness (QED) is 0.897. The number of carbonyl (C=O) groups is 2. The number of carboxylic acids is 1. The minimum atomic E-state index is -1.13. The monoisotopic (exact) mass is 293 g/mol. The molecule has 5 heteroatoms. The molecular weight excluding hydrogens is 273 g/mol. The molecular formula is C16H20FNO3. The number of carbonyl (C=O) groups excluding carboxylic acids is 1. The van der Waals surface area contributed by atoms with Crippen molar-refractivity contribution in [3.63, 3.8) is 0 Å². The highest BCUT2D eigenvalue weighted by atomic mass is 19.1. The number of rotatable bonds is 4. The second-order valence-electron chi connectivity index (χ2n) is 5.62. The first-order valence-electron chi connectivity index (χ1n) is 7.28. The molecule has 1 aromatic rings. The fraction of sp³-hybridized carbons (Fsp3) is 0.500. The molecule has 114 valence electrons. The van der Waals surface area contributed by atoms with E-state index >= 15 is 0 Å². The first kappa shape index (κ1) is 15.5. The van der Waals surface area contributed by atoms with E-state index in [0.29, 0.717) is 11.1 Å². The first-order chi connectivity index (χ1) is 9.99. The molecule has 1 aliphatic carbocycles. The zero-order valence-electron chi connectivity index (χ0n) is 12.1. The van der Waals surface area contributed by atoms with E-state index < -0.39 is 12.0 Å². The first-order valence-corrected chi connectivity index (χ1v) is 7.28. The molecule has 1 saturated carbocycles. The van der Waals surface area contributed by atoms with Crippen LogP contribution in [-0.2, 0) is 9.59 Å². The third-order valence-corrected chi connectivity index (χ3v) is 4.02. The third-order valence-electron chi connectivity index (χ3n) is 4.02. The molecule has 1 aliphatic rings. The van der Waals surface area contributed by atoms with Gasteiger partial charge in [0.25, 0.3) is 0 Å². The van der Waals surface area contributed by atoms with Crippen molar-refractivity contribution in [3.05, 3.63) is 35.1 Å². The number of hydrogen-bond donors (Lipinski definition) is 2. The topological polar surface area (TPSA) is 66.4 Å². The van der Waals surface area contributed by atoms with Crippen LogP contribution in [0.25, 0.3) is 0 Å². The summed E-state index contributed by atoms with van der Waals surface area (Å²) in [6, 6.07) is 2.98. The summed E-state index contributed by atoms with van der Waals surface area (Å²) in [4.78, 5) is 23.6. The number of hydrogen-bond acceptors (Lipinski definition) is 2. The molecule has 1 fully saturated rings. The molecule has 4 nitrogen and oxygen atoms in total. The van der Waals surface area contributed by atoms with Crippen LogP contribution in [0.5, 0.6) is 0 Å². The predicted molar refractivity (Wildman–Crippen MR) is 76.2 cm³/mol. The van der Waals surface area contributed by atoms with Crippen molar-refractivity contribution in [2.45, 2.75) is 45.1 Å². The SMILES string of the molecule is Cc1cc(C(NC(=O)C2CCCCC2)C(=O)O)ccc1F. The number of nitrogens with one attached hydrogen (secondary N) is 1. The lowest BCUT2D eigenvalue weighted by Gasteiger charge is -2.23. The van der Waals surface area contributed by atoms with Gasteiger partial charge < -0.3 is 10.4 Å². The highest BCUT2D eigenvalue weighted by molar-refractivity contribution is 5.85. The number of benzene rings is 1. The Labute approximate surface area is 123 Å². The standard InChI is InChI=1S/C16H20FNO3/c1-10-9-12(7-8-13(10)17)14(16(20)21)18-15(19)11-5-3-2-4-6-11/h7-9,11,14H,2-6H2,1H3,(H,18,19)(H,20,21). The molecule has 2 rings (SSSR count). The van der Waals surface area contributed by atoms with E-state index in [4.69, 9.17) is 0 Å². The van der Waals surface area contributed by atoms with E-state index in [1.807, 2.05) is 0 Å². The van der Waals surface area contributed by atoms with E-state index in [2.05, 4.69) is 5.32 Å². The fourth-order valence-electron chi connectivity index (χ4n) is 2.76. The van der Waals surface area contributed by atoms with Crippen LogP contribution in [0.1, 0.15) is 49.3 Å². The van der Waals surface area contributed by atoms with Gasteiger partial charge in [-0.15, -0.1) is 0 Å². The van der Waals surface area contributed by atoms with Gasteiger partial charge in [0.2, 0.25) is 5.91 Å². The molecule has 0 heterocycles. The lowest BCUT2D eigenvalue weighted by Crippen LogP contribution is -2.38. The number of aryl methyl sites for hydroxylation is 1. The summed E-state index contributed by atoms with van der Waals surface area (Å²) in [7, 11) is 0. The van der Waals surface area contributed by atoms with Gasteiger partial charge in [0, 0.05) is 5.92 Å². The van der Waals surface area contributed by atoms with Crippen LogP contribution in [0.2, 0.25) is 0 Å². The summed E-state index contributed by atoms with van der Waals surface area (Å²) < 4.78 is 13.3. The van der Waals surface area contributed by atoms with Gasteiger partial charge in [-0.1, -0.05) is 31.4 Å². The molecule has 1 aromatic carbocycles. The number of halogens is 1. The molecule has 1 amide bonds. The Balaban J connectivity index is 2.13. The molecule has 0 aromatic heterocycles. The molecule has 1 atom stereocenters. The summed E-state index contributed by atoms with van der Waals surface area (Å²) >= 11 is 0. The Morgan fingerprint density at radius 3 is 2.52 bits per heavy atom. The molecule has 0 saturated heterocycles. The highest BCUT2D eigenvalue weighted by Gasteiger charge is 2.27. The van der Waals surface area contributed by atoms with Crippen molar-refractivity contribution in [1.82, 2.24) is 5.32 Å². The second kappa shape index (κ2) is 6.70. The maximum Gasteiger partial charge on any atom is 0.330 e. The van der Waals surface area contributed by atoms with Crippen molar-refractivity contribution in [3.8, 4) is 0 Å². The van der Waals surface area contributed by atoms with Gasteiger partial charge in [0.1, 0.15) is 5.82 Å². The van der Waals surface area contributed by atoms with Crippen LogP contribution in [0.3, 0.4) is 0 Å². The Kier molecular flexibility index (Phi) is 4.94. The van der Waals surface area contributed by atoms with Crippen LogP contribution < -0.4 is 5.32 Å². The van der Waals surface area contributed by atoms with Gasteiger partial charge in [-0.25, -0.2) is 9.18 Å². The molecule has 1 unspecified atom stereocenters. The summed E-state index contributed by atoms with van der Waals surface area (Å²) in [5.41, 5.74) is 0.760. The maximum absolute atomic E-state index is 13.3. The molecule has 0 bridgehead atoms. The lowest BCUT2D eigenvalue weighted by molar-refractivity contribution is -0.142. The van der Waals surface area contributed by atoms with Gasteiger partial charge in [-0.3, -0.25) is 4.79 Å². The Hall–Kier alpha value is -1.91. The molecule has 0 spiro atoms. The van der Waals surface area contributed by atoms with E-state index in [0.717, 1.165) is 32.1 Å². The number of carboxylic acid groups (broad SMARTS) is 1. The zero-order valence-corrected chi connectivity index (χ0v) is 12.1. The van der Waals surface area contributed by atoms with E-state index in [1.165, 1.54) is 18.2 Å². The van der Waals surface area contributed by atoms with Gasteiger partial charge >= 0.3 is 5.97 Å². The number of aliphatic carboxylic acids is 1. The summed E-state index contributed by atoms with van der Waals surface area (Å²) in [6.07, 6.45) is 4.75. The molecule has 21 heavy (non-hydrogen) atoms. The van der Waals surface area contributed by atoms with Crippen LogP contribution in [0.4, 0.5) is 4.39 Å². The van der Waals surface area contributed by atoms with Crippen LogP contribution >= 0.6 is 0 Å². The third kappa shape index (κ3) is 3.80. The molecule has 2 N–H and O–H groups in total. The maximum atomic E-state index is 13.3. The minimum absolute atomic E-state index is 0.109. The van der Waals surface area contributed by atoms with E-state index in [9.17, 15) is 19.1 Å². The van der Waals surface area contributed by atoms with Crippen molar-refractivity contribution >= 4 is 11.9 Å². The van der Waals surface area contributed by atoms with Gasteiger partial charge in [-0.2, -0.15) is 0 Å². The van der Waals surface area contributed by atoms with Gasteiger partial charge in [-0.05, 0) is 37.0 Å². The van der Waals surface area contributed by atoms with Gasteiger partial charge in [0.15, 0.2) is 6.04 Å². The van der Waals surface area contributed by atoms with Crippen LogP contribution in [0.15, 0.2) is 18.2 Å². The Bertz CT molecular complexity index is 538. The van der Waals surface area contributed by atoms with E-state index in [1.54, 1.807) is 6.92 Å². The van der Waals surface area contributed by atoms with Gasteiger partial charge in [0.05, 0.1) is 0 Å². The average molecular weight is 293 g/mol. The number of amides is 1. The van der Waals surface area contributed by atoms with Crippen molar-refractivity contribution in [2.75, 3.05) is 0 Å². The highest BCUT2D eigenvalue weighted by Crippen LogP contribution is 2.25. The minimum Gasteiger partial charge on any atom is -0.479 e. The summed E-state index contributed by atoms with van der Waals surface area (Å²) in [5.74, 6) is -1.85. The van der Waals surface area contributed by atoms with Crippen molar-refractivity contribution < 1.29 is 19.1 Å². The summed E-state index contributed by atoms with van der Waals surface area (Å²) in [6.45, 7) is 1.57. The predicted octanol–water partition coefficient (Wildman–Crippen LogP) is 2.96. The summed E-state index contributed by atoms with van der Waals surface area (Å²) in [5, 5.41) is 11.9. The normalized spacial score (nSPS) is 17.2. The lowest BCUT2D eigenvalue weighted by atomic mass is 9.88. The average Bonchev–Trinajstić information content (AvgIpc) is 2.48. The van der Waals surface area contributed by atoms with Crippen molar-refractivity contribution in [1.29, 1.82) is 0 Å². The molecule has 0 aliphatic heterocycles. The largest absolute Gasteiger partial charge is 0.479 e. The Morgan fingerprint density at radius 1 is 1.29 bits per heavy atom. The van der Waals surface area contributed by atoms with Crippen LogP contribution in [0, 0.1) is 18.7 Å². The van der Waals surface area contributed by atoms with Crippen LogP contribution in [-0.4, -0.2) is 17.0 Å². The zero-order chi connectivity index (χ0) is 15.4. The van der Waals surface area contributed by atoms with E-state index in [-0.39, 0.29) is 17.6 Å². The fourth-order valence-corrected chi connectivity index (χ4v) is 2.76. The smallest absolute Gasteiger partial charge is 0.330 e.